The van der Waals surface area contributed by atoms with Crippen LogP contribution in [-0.2, 0) is 21.0 Å². The van der Waals surface area contributed by atoms with Gasteiger partial charge in [-0.15, -0.1) is 0 Å². The number of carboxylic acid groups (broad SMARTS) is 1. The minimum absolute atomic E-state index is 0.318. The first kappa shape index (κ1) is 23.0. The van der Waals surface area contributed by atoms with Crippen molar-refractivity contribution in [3.63, 3.8) is 0 Å². The van der Waals surface area contributed by atoms with Gasteiger partial charge in [0.2, 0.25) is 0 Å². The summed E-state index contributed by atoms with van der Waals surface area (Å²) in [6.07, 6.45) is -10.1. The summed E-state index contributed by atoms with van der Waals surface area (Å²) < 4.78 is 102. The van der Waals surface area contributed by atoms with Crippen molar-refractivity contribution >= 4 is 33.3 Å². The molecule has 0 heterocycles. The lowest BCUT2D eigenvalue weighted by Gasteiger charge is -2.13. The highest BCUT2D eigenvalue weighted by atomic mass is 32.2. The third-order valence-electron chi connectivity index (χ3n) is 3.44. The summed E-state index contributed by atoms with van der Waals surface area (Å²) in [4.78, 5) is 21.3. The lowest BCUT2D eigenvalue weighted by atomic mass is 10.1. The van der Waals surface area contributed by atoms with Crippen LogP contribution in [0.5, 0.6) is 0 Å². The molecule has 0 saturated carbocycles. The maximum absolute atomic E-state index is 12.9. The molecule has 0 radical (unpaired) electrons. The largest absolute Gasteiger partial charge is 0.478 e. The Morgan fingerprint density at radius 3 is 1.90 bits per heavy atom. The first-order chi connectivity index (χ1) is 13.6. The SMILES string of the molecule is O=C(O)c1cc(NS(=O)(=O)c2ccc(NC(=O)C(F)(F)F)cc2)cc(C(F)(F)F)c1. The second-order valence-electron chi connectivity index (χ2n) is 5.68. The topological polar surface area (TPSA) is 113 Å². The Morgan fingerprint density at radius 1 is 0.867 bits per heavy atom. The van der Waals surface area contributed by atoms with Crippen LogP contribution in [0.15, 0.2) is 47.4 Å². The van der Waals surface area contributed by atoms with Gasteiger partial charge in [0.25, 0.3) is 10.0 Å². The maximum atomic E-state index is 12.9. The Hall–Kier alpha value is -3.29. The number of sulfonamides is 1. The predicted octanol–water partition coefficient (Wildman–Crippen LogP) is 3.71. The fourth-order valence-electron chi connectivity index (χ4n) is 2.11. The second kappa shape index (κ2) is 7.85. The minimum atomic E-state index is -5.17. The number of nitrogens with one attached hydrogen (secondary N) is 2. The molecule has 1 amide bonds. The van der Waals surface area contributed by atoms with E-state index in [-0.39, 0.29) is 5.69 Å². The summed E-state index contributed by atoms with van der Waals surface area (Å²) in [6, 6.07) is 4.59. The van der Waals surface area contributed by atoms with Crippen LogP contribution in [0.3, 0.4) is 0 Å². The highest BCUT2D eigenvalue weighted by Crippen LogP contribution is 2.32. The van der Waals surface area contributed by atoms with Gasteiger partial charge in [0, 0.05) is 5.69 Å². The second-order valence-corrected chi connectivity index (χ2v) is 7.37. The highest BCUT2D eigenvalue weighted by Gasteiger charge is 2.38. The number of hydrogen-bond donors (Lipinski definition) is 3. The molecular formula is C16H10F6N2O5S. The molecule has 0 aliphatic heterocycles. The van der Waals surface area contributed by atoms with Gasteiger partial charge >= 0.3 is 24.2 Å². The van der Waals surface area contributed by atoms with E-state index >= 15 is 0 Å². The number of amides is 1. The first-order valence-corrected chi connectivity index (χ1v) is 9.04. The average molecular weight is 456 g/mol. The standard InChI is InChI=1S/C16H10F6N2O5S/c17-15(18,19)9-5-8(13(25)26)6-11(7-9)24-30(28,29)12-3-1-10(2-4-12)23-14(27)16(20,21)22/h1-7,24H,(H,23,27)(H,25,26). The van der Waals surface area contributed by atoms with Gasteiger partial charge in [-0.2, -0.15) is 26.3 Å². The van der Waals surface area contributed by atoms with E-state index in [1.165, 1.54) is 5.32 Å². The molecule has 0 fully saturated rings. The van der Waals surface area contributed by atoms with Crippen molar-refractivity contribution < 1.29 is 49.5 Å². The number of alkyl halides is 6. The zero-order chi connectivity index (χ0) is 22.9. The van der Waals surface area contributed by atoms with Gasteiger partial charge in [-0.3, -0.25) is 9.52 Å². The van der Waals surface area contributed by atoms with Gasteiger partial charge in [-0.25, -0.2) is 13.2 Å². The van der Waals surface area contributed by atoms with Gasteiger partial charge < -0.3 is 10.4 Å². The molecule has 0 aliphatic carbocycles. The Labute approximate surface area is 164 Å². The lowest BCUT2D eigenvalue weighted by molar-refractivity contribution is -0.167. The minimum Gasteiger partial charge on any atom is -0.478 e. The van der Waals surface area contributed by atoms with Gasteiger partial charge in [0.15, 0.2) is 0 Å². The van der Waals surface area contributed by atoms with E-state index in [2.05, 4.69) is 0 Å². The number of anilines is 2. The lowest BCUT2D eigenvalue weighted by Crippen LogP contribution is -2.29. The van der Waals surface area contributed by atoms with Crippen molar-refractivity contribution in [3.8, 4) is 0 Å². The van der Waals surface area contributed by atoms with Crippen LogP contribution >= 0.6 is 0 Å². The number of carboxylic acids is 1. The third-order valence-corrected chi connectivity index (χ3v) is 4.84. The molecule has 0 aromatic heterocycles. The highest BCUT2D eigenvalue weighted by molar-refractivity contribution is 7.92. The van der Waals surface area contributed by atoms with E-state index in [0.717, 1.165) is 24.3 Å². The van der Waals surface area contributed by atoms with Crippen LogP contribution in [0, 0.1) is 0 Å². The fourth-order valence-corrected chi connectivity index (χ4v) is 3.15. The Balaban J connectivity index is 2.31. The zero-order valence-electron chi connectivity index (χ0n) is 14.3. The number of carbonyl (C=O) groups is 2. The molecule has 0 unspecified atom stereocenters. The molecule has 0 saturated heterocycles. The zero-order valence-corrected chi connectivity index (χ0v) is 15.1. The number of rotatable bonds is 5. The van der Waals surface area contributed by atoms with Crippen LogP contribution < -0.4 is 10.0 Å². The molecule has 0 aliphatic rings. The number of hydrogen-bond acceptors (Lipinski definition) is 4. The maximum Gasteiger partial charge on any atom is 0.471 e. The third kappa shape index (κ3) is 5.62. The molecule has 30 heavy (non-hydrogen) atoms. The molecule has 0 atom stereocenters. The number of benzene rings is 2. The average Bonchev–Trinajstić information content (AvgIpc) is 2.60. The van der Waals surface area contributed by atoms with Gasteiger partial charge in [-0.05, 0) is 42.5 Å². The molecule has 7 nitrogen and oxygen atoms in total. The van der Waals surface area contributed by atoms with E-state index in [9.17, 15) is 44.3 Å². The van der Waals surface area contributed by atoms with E-state index in [4.69, 9.17) is 5.11 Å². The smallest absolute Gasteiger partial charge is 0.471 e. The van der Waals surface area contributed by atoms with Gasteiger partial charge in [0.05, 0.1) is 21.7 Å². The van der Waals surface area contributed by atoms with E-state index < -0.39 is 56.0 Å². The van der Waals surface area contributed by atoms with Crippen molar-refractivity contribution in [2.45, 2.75) is 17.2 Å². The molecule has 2 aromatic carbocycles. The van der Waals surface area contributed by atoms with Crippen molar-refractivity contribution in [3.05, 3.63) is 53.6 Å². The van der Waals surface area contributed by atoms with E-state index in [1.54, 1.807) is 4.72 Å². The van der Waals surface area contributed by atoms with Crippen LogP contribution in [0.4, 0.5) is 37.7 Å². The van der Waals surface area contributed by atoms with Crippen LogP contribution in [0.2, 0.25) is 0 Å². The molecule has 0 spiro atoms. The summed E-state index contributed by atoms with van der Waals surface area (Å²) in [5, 5.41) is 10.4. The normalized spacial score (nSPS) is 12.3. The van der Waals surface area contributed by atoms with Crippen molar-refractivity contribution in [2.75, 3.05) is 10.0 Å². The first-order valence-electron chi connectivity index (χ1n) is 7.56. The van der Waals surface area contributed by atoms with Crippen molar-refractivity contribution in [1.82, 2.24) is 0 Å². The van der Waals surface area contributed by atoms with Crippen LogP contribution in [-0.4, -0.2) is 31.6 Å². The molecular weight excluding hydrogens is 446 g/mol. The monoisotopic (exact) mass is 456 g/mol. The predicted molar refractivity (Wildman–Crippen MR) is 90.3 cm³/mol. The Bertz CT molecular complexity index is 1080. The van der Waals surface area contributed by atoms with E-state index in [1.807, 2.05) is 0 Å². The number of halogens is 6. The summed E-state index contributed by atoms with van der Waals surface area (Å²) >= 11 is 0. The Morgan fingerprint density at radius 2 is 1.43 bits per heavy atom. The molecule has 0 bridgehead atoms. The fraction of sp³-hybridized carbons (Fsp3) is 0.125. The van der Waals surface area contributed by atoms with Crippen molar-refractivity contribution in [1.29, 1.82) is 0 Å². The Kier molecular flexibility index (Phi) is 6.02. The molecule has 3 N–H and O–H groups in total. The van der Waals surface area contributed by atoms with Gasteiger partial charge in [-0.1, -0.05) is 0 Å². The quantitative estimate of drug-likeness (QED) is 0.594. The molecule has 14 heteroatoms. The molecule has 2 rings (SSSR count). The van der Waals surface area contributed by atoms with Crippen LogP contribution in [0.25, 0.3) is 0 Å². The summed E-state index contributed by atoms with van der Waals surface area (Å²) in [7, 11) is -4.54. The summed E-state index contributed by atoms with van der Waals surface area (Å²) in [5.41, 5.74) is -3.32. The van der Waals surface area contributed by atoms with Crippen LogP contribution in [0.1, 0.15) is 15.9 Å². The summed E-state index contributed by atoms with van der Waals surface area (Å²) in [5.74, 6) is -4.02. The summed E-state index contributed by atoms with van der Waals surface area (Å²) in [6.45, 7) is 0. The van der Waals surface area contributed by atoms with E-state index in [0.29, 0.717) is 18.2 Å². The molecule has 162 valence electrons. The number of carbonyl (C=O) groups excluding carboxylic acids is 1. The number of aromatic carboxylic acids is 1. The molecule has 2 aromatic rings. The van der Waals surface area contributed by atoms with Crippen molar-refractivity contribution in [2.24, 2.45) is 0 Å². The van der Waals surface area contributed by atoms with Gasteiger partial charge in [0.1, 0.15) is 0 Å².